The molecule has 1 amide bonds. The van der Waals surface area contributed by atoms with Gasteiger partial charge in [0, 0.05) is 24.2 Å². The summed E-state index contributed by atoms with van der Waals surface area (Å²) in [6.45, 7) is 1.06. The van der Waals surface area contributed by atoms with Crippen LogP contribution in [0.25, 0.3) is 0 Å². The number of benzene rings is 1. The summed E-state index contributed by atoms with van der Waals surface area (Å²) in [5.74, 6) is 1.19. The van der Waals surface area contributed by atoms with Crippen molar-refractivity contribution in [2.24, 2.45) is 0 Å². The van der Waals surface area contributed by atoms with E-state index in [4.69, 9.17) is 9.47 Å². The van der Waals surface area contributed by atoms with E-state index < -0.39 is 6.17 Å². The molecule has 0 saturated carbocycles. The lowest BCUT2D eigenvalue weighted by Crippen LogP contribution is -2.50. The third-order valence-corrected chi connectivity index (χ3v) is 4.61. The number of amides is 1. The maximum atomic E-state index is 12.4. The Morgan fingerprint density at radius 3 is 3.00 bits per heavy atom. The minimum atomic E-state index is -0.433. The van der Waals surface area contributed by atoms with Gasteiger partial charge in [0.15, 0.2) is 17.7 Å². The van der Waals surface area contributed by atoms with Crippen molar-refractivity contribution in [2.45, 2.75) is 19.3 Å². The molecule has 2 heterocycles. The van der Waals surface area contributed by atoms with Gasteiger partial charge in [-0.05, 0) is 17.5 Å². The van der Waals surface area contributed by atoms with Crippen molar-refractivity contribution in [3.8, 4) is 11.5 Å². The van der Waals surface area contributed by atoms with Gasteiger partial charge >= 0.3 is 0 Å². The van der Waals surface area contributed by atoms with Crippen molar-refractivity contribution in [3.63, 3.8) is 0 Å². The Hall–Kier alpha value is -2.25. The summed E-state index contributed by atoms with van der Waals surface area (Å²) in [4.78, 5) is 12.4. The normalized spacial score (nSPS) is 16.2. The summed E-state index contributed by atoms with van der Waals surface area (Å²) < 4.78 is 10.6. The average Bonchev–Trinajstić information content (AvgIpc) is 3.06. The van der Waals surface area contributed by atoms with Gasteiger partial charge in [0.2, 0.25) is 0 Å². The van der Waals surface area contributed by atoms with Gasteiger partial charge < -0.3 is 20.1 Å². The molecular weight excluding hydrogens is 314 g/mol. The molecule has 3 rings (SSSR count). The van der Waals surface area contributed by atoms with Crippen molar-refractivity contribution < 1.29 is 14.3 Å². The van der Waals surface area contributed by atoms with E-state index in [1.165, 1.54) is 5.56 Å². The minimum Gasteiger partial charge on any atom is -0.493 e. The molecule has 1 aliphatic rings. The smallest absolute Gasteiger partial charge is 0.257 e. The molecule has 1 atom stereocenters. The lowest BCUT2D eigenvalue weighted by Gasteiger charge is -2.25. The van der Waals surface area contributed by atoms with Crippen LogP contribution in [0.4, 0.5) is 5.00 Å². The molecule has 0 fully saturated rings. The second-order valence-electron chi connectivity index (χ2n) is 5.10. The van der Waals surface area contributed by atoms with E-state index in [2.05, 4.69) is 22.0 Å². The summed E-state index contributed by atoms with van der Waals surface area (Å²) >= 11 is 1.60. The summed E-state index contributed by atoms with van der Waals surface area (Å²) in [6.07, 6.45) is -0.433. The molecule has 0 spiro atoms. The number of nitrogens with one attached hydrogen (secondary N) is 3. The summed E-state index contributed by atoms with van der Waals surface area (Å²) in [6, 6.07) is 7.65. The molecule has 0 radical (unpaired) electrons. The van der Waals surface area contributed by atoms with E-state index in [9.17, 15) is 4.79 Å². The van der Waals surface area contributed by atoms with Gasteiger partial charge in [0.25, 0.3) is 5.91 Å². The van der Waals surface area contributed by atoms with Crippen molar-refractivity contribution in [2.75, 3.05) is 19.5 Å². The lowest BCUT2D eigenvalue weighted by atomic mass is 10.1. The van der Waals surface area contributed by atoms with Gasteiger partial charge in [-0.25, -0.2) is 0 Å². The first kappa shape index (κ1) is 15.6. The maximum absolute atomic E-state index is 12.4. The van der Waals surface area contributed by atoms with E-state index >= 15 is 0 Å². The number of carbonyl (C=O) groups excluding carboxylic acids is 1. The average molecular weight is 333 g/mol. The van der Waals surface area contributed by atoms with Crippen LogP contribution in [0.5, 0.6) is 11.5 Å². The Kier molecular flexibility index (Phi) is 4.68. The van der Waals surface area contributed by atoms with E-state index in [1.807, 2.05) is 23.6 Å². The molecule has 2 aromatic rings. The number of thiophene rings is 1. The number of methoxy groups -OCH3 is 2. The quantitative estimate of drug-likeness (QED) is 0.780. The van der Waals surface area contributed by atoms with Crippen molar-refractivity contribution in [3.05, 3.63) is 40.8 Å². The second-order valence-corrected chi connectivity index (χ2v) is 6.02. The number of ether oxygens (including phenoxy) is 2. The SMILES string of the molecule is COc1cccc(CNC(=O)C2NCc3ccsc3N2)c1OC. The van der Waals surface area contributed by atoms with Crippen molar-refractivity contribution in [1.82, 2.24) is 10.6 Å². The molecule has 0 saturated heterocycles. The number of fused-ring (bicyclic) bond motifs is 1. The van der Waals surface area contributed by atoms with Crippen molar-refractivity contribution in [1.29, 1.82) is 0 Å². The summed E-state index contributed by atoms with van der Waals surface area (Å²) in [5.41, 5.74) is 2.06. The van der Waals surface area contributed by atoms with E-state index in [1.54, 1.807) is 25.6 Å². The largest absolute Gasteiger partial charge is 0.493 e. The predicted molar refractivity (Wildman–Crippen MR) is 90.0 cm³/mol. The number of carbonyl (C=O) groups is 1. The zero-order valence-electron chi connectivity index (χ0n) is 13.0. The van der Waals surface area contributed by atoms with Crippen LogP contribution < -0.4 is 25.4 Å². The first-order valence-electron chi connectivity index (χ1n) is 7.26. The molecule has 1 aromatic heterocycles. The predicted octanol–water partition coefficient (Wildman–Crippen LogP) is 1.92. The highest BCUT2D eigenvalue weighted by Crippen LogP contribution is 2.30. The molecule has 1 aliphatic heterocycles. The van der Waals surface area contributed by atoms with Gasteiger partial charge in [-0.2, -0.15) is 0 Å². The van der Waals surface area contributed by atoms with Crippen LogP contribution in [0.2, 0.25) is 0 Å². The highest BCUT2D eigenvalue weighted by atomic mass is 32.1. The first-order valence-corrected chi connectivity index (χ1v) is 8.14. The van der Waals surface area contributed by atoms with Crippen LogP contribution in [0.1, 0.15) is 11.1 Å². The number of anilines is 1. The van der Waals surface area contributed by atoms with Gasteiger partial charge in [-0.1, -0.05) is 12.1 Å². The van der Waals surface area contributed by atoms with Crippen LogP contribution >= 0.6 is 11.3 Å². The molecule has 1 aromatic carbocycles. The fourth-order valence-corrected chi connectivity index (χ4v) is 3.38. The standard InChI is InChI=1S/C16H19N3O3S/c1-21-12-5-3-4-10(13(12)22-2)8-18-15(20)14-17-9-11-6-7-23-16(11)19-14/h3-7,14,17,19H,8-9H2,1-2H3,(H,18,20). The topological polar surface area (TPSA) is 71.6 Å². The van der Waals surface area contributed by atoms with Crippen molar-refractivity contribution >= 4 is 22.2 Å². The van der Waals surface area contributed by atoms with Crippen LogP contribution in [-0.2, 0) is 17.9 Å². The van der Waals surface area contributed by atoms with Gasteiger partial charge in [-0.15, -0.1) is 11.3 Å². The maximum Gasteiger partial charge on any atom is 0.257 e. The van der Waals surface area contributed by atoms with Crippen LogP contribution in [-0.4, -0.2) is 26.3 Å². The molecule has 0 bridgehead atoms. The zero-order valence-corrected chi connectivity index (χ0v) is 13.8. The van der Waals surface area contributed by atoms with E-state index in [0.717, 1.165) is 10.6 Å². The molecule has 1 unspecified atom stereocenters. The Labute approximate surface area is 138 Å². The number of hydrogen-bond acceptors (Lipinski definition) is 6. The highest BCUT2D eigenvalue weighted by Gasteiger charge is 2.24. The Morgan fingerprint density at radius 2 is 2.22 bits per heavy atom. The van der Waals surface area contributed by atoms with Gasteiger partial charge in [0.1, 0.15) is 0 Å². The van der Waals surface area contributed by atoms with Gasteiger partial charge in [0.05, 0.1) is 19.2 Å². The molecule has 0 aliphatic carbocycles. The molecule has 7 heteroatoms. The summed E-state index contributed by atoms with van der Waals surface area (Å²) in [5, 5.41) is 12.4. The highest BCUT2D eigenvalue weighted by molar-refractivity contribution is 7.14. The number of para-hydroxylation sites is 1. The second kappa shape index (κ2) is 6.89. The van der Waals surface area contributed by atoms with Crippen LogP contribution in [0.3, 0.4) is 0 Å². The minimum absolute atomic E-state index is 0.103. The Bertz CT molecular complexity index is 702. The third-order valence-electron chi connectivity index (χ3n) is 3.72. The summed E-state index contributed by atoms with van der Waals surface area (Å²) in [7, 11) is 3.18. The fraction of sp³-hybridized carbons (Fsp3) is 0.312. The van der Waals surface area contributed by atoms with E-state index in [-0.39, 0.29) is 5.91 Å². The Morgan fingerprint density at radius 1 is 1.35 bits per heavy atom. The monoisotopic (exact) mass is 333 g/mol. The number of hydrogen-bond donors (Lipinski definition) is 3. The van der Waals surface area contributed by atoms with E-state index in [0.29, 0.717) is 24.6 Å². The van der Waals surface area contributed by atoms with Crippen LogP contribution in [0.15, 0.2) is 29.6 Å². The fourth-order valence-electron chi connectivity index (χ4n) is 2.53. The van der Waals surface area contributed by atoms with Crippen LogP contribution in [0, 0.1) is 0 Å². The first-order chi connectivity index (χ1) is 11.2. The molecule has 3 N–H and O–H groups in total. The van der Waals surface area contributed by atoms with Gasteiger partial charge in [-0.3, -0.25) is 10.1 Å². The Balaban J connectivity index is 1.64. The number of rotatable bonds is 5. The molecule has 23 heavy (non-hydrogen) atoms. The third kappa shape index (κ3) is 3.25. The lowest BCUT2D eigenvalue weighted by molar-refractivity contribution is -0.122. The molecular formula is C16H19N3O3S. The zero-order chi connectivity index (χ0) is 16.2. The molecule has 6 nitrogen and oxygen atoms in total. The molecule has 122 valence electrons.